The van der Waals surface area contributed by atoms with E-state index in [1.165, 1.54) is 17.5 Å². The fraction of sp³-hybridized carbons (Fsp3) is 0.600. The van der Waals surface area contributed by atoms with Gasteiger partial charge in [-0.25, -0.2) is 9.78 Å². The molecule has 0 aliphatic heterocycles. The van der Waals surface area contributed by atoms with E-state index >= 15 is 0 Å². The molecule has 0 spiro atoms. The first kappa shape index (κ1) is 14.4. The summed E-state index contributed by atoms with van der Waals surface area (Å²) in [5.41, 5.74) is 0. The highest BCUT2D eigenvalue weighted by atomic mass is 35.5. The van der Waals surface area contributed by atoms with E-state index in [2.05, 4.69) is 10.3 Å². The number of carbonyl (C=O) groups excluding carboxylic acids is 1. The molecule has 96 valence electrons. The van der Waals surface area contributed by atoms with E-state index < -0.39 is 6.04 Å². The molecule has 1 heterocycles. The maximum atomic E-state index is 11.7. The Morgan fingerprint density at radius 3 is 3.00 bits per heavy atom. The first-order valence-corrected chi connectivity index (χ1v) is 6.38. The van der Waals surface area contributed by atoms with Crippen molar-refractivity contribution in [3.8, 4) is 0 Å². The largest absolute Gasteiger partial charge is 0.465 e. The Labute approximate surface area is 109 Å². The third-order valence-electron chi connectivity index (χ3n) is 1.92. The second-order valence-corrected chi connectivity index (χ2v) is 4.83. The number of methoxy groups -OCH3 is 1. The summed E-state index contributed by atoms with van der Waals surface area (Å²) in [7, 11) is 1.60. The van der Waals surface area contributed by atoms with Gasteiger partial charge in [0.25, 0.3) is 0 Å². The lowest BCUT2D eigenvalue weighted by Crippen LogP contribution is -2.32. The molecule has 0 radical (unpaired) electrons. The molecular formula is C10H15ClN2O3S. The zero-order valence-electron chi connectivity index (χ0n) is 9.73. The number of nitrogens with one attached hydrogen (secondary N) is 1. The molecular weight excluding hydrogens is 264 g/mol. The Kier molecular flexibility index (Phi) is 6.43. The van der Waals surface area contributed by atoms with Crippen molar-refractivity contribution in [1.82, 2.24) is 10.3 Å². The van der Waals surface area contributed by atoms with Crippen LogP contribution in [0, 0.1) is 0 Å². The molecule has 1 unspecified atom stereocenters. The van der Waals surface area contributed by atoms with Crippen LogP contribution in [-0.4, -0.2) is 37.8 Å². The van der Waals surface area contributed by atoms with Gasteiger partial charge in [-0.3, -0.25) is 5.32 Å². The molecule has 0 fully saturated rings. The van der Waals surface area contributed by atoms with Crippen molar-refractivity contribution in [2.24, 2.45) is 0 Å². The van der Waals surface area contributed by atoms with Crippen LogP contribution in [0.25, 0.3) is 0 Å². The Hall–Kier alpha value is -0.690. The summed E-state index contributed by atoms with van der Waals surface area (Å²) in [5.74, 6) is -0.352. The Bertz CT molecular complexity index is 359. The van der Waals surface area contributed by atoms with Gasteiger partial charge in [-0.1, -0.05) is 11.6 Å². The number of halogens is 1. The van der Waals surface area contributed by atoms with Gasteiger partial charge in [-0.15, -0.1) is 11.3 Å². The summed E-state index contributed by atoms with van der Waals surface area (Å²) in [6.45, 7) is 3.14. The third-order valence-corrected chi connectivity index (χ3v) is 3.10. The number of thiazole rings is 1. The minimum absolute atomic E-state index is 0.334. The highest BCUT2D eigenvalue weighted by Crippen LogP contribution is 2.24. The molecule has 0 saturated carbocycles. The zero-order valence-corrected chi connectivity index (χ0v) is 11.3. The smallest absolute Gasteiger partial charge is 0.330 e. The van der Waals surface area contributed by atoms with Gasteiger partial charge < -0.3 is 9.47 Å². The first-order chi connectivity index (χ1) is 8.19. The summed E-state index contributed by atoms with van der Waals surface area (Å²) in [6.07, 6.45) is 1.52. The van der Waals surface area contributed by atoms with E-state index in [9.17, 15) is 4.79 Å². The van der Waals surface area contributed by atoms with Crippen molar-refractivity contribution in [1.29, 1.82) is 0 Å². The maximum Gasteiger partial charge on any atom is 0.330 e. The minimum atomic E-state index is -0.581. The maximum absolute atomic E-state index is 11.7. The van der Waals surface area contributed by atoms with Crippen LogP contribution >= 0.6 is 22.9 Å². The van der Waals surface area contributed by atoms with E-state index in [4.69, 9.17) is 21.1 Å². The summed E-state index contributed by atoms with van der Waals surface area (Å²) < 4.78 is 10.4. The summed E-state index contributed by atoms with van der Waals surface area (Å²) in [4.78, 5) is 15.8. The summed E-state index contributed by atoms with van der Waals surface area (Å²) in [6, 6.07) is -0.581. The van der Waals surface area contributed by atoms with Crippen LogP contribution in [0.2, 0.25) is 4.34 Å². The van der Waals surface area contributed by atoms with Gasteiger partial charge in [0.2, 0.25) is 0 Å². The number of hydrogen-bond donors (Lipinski definition) is 1. The first-order valence-electron chi connectivity index (χ1n) is 5.19. The number of hydrogen-bond acceptors (Lipinski definition) is 6. The third kappa shape index (κ3) is 4.59. The second kappa shape index (κ2) is 7.60. The molecule has 0 bridgehead atoms. The van der Waals surface area contributed by atoms with Crippen LogP contribution < -0.4 is 5.32 Å². The van der Waals surface area contributed by atoms with Crippen LogP contribution in [0.5, 0.6) is 0 Å². The number of rotatable bonds is 7. The average Bonchev–Trinajstić information content (AvgIpc) is 2.71. The van der Waals surface area contributed by atoms with Crippen LogP contribution in [-0.2, 0) is 14.3 Å². The predicted molar refractivity (Wildman–Crippen MR) is 66.4 cm³/mol. The van der Waals surface area contributed by atoms with Crippen molar-refractivity contribution in [3.05, 3.63) is 15.5 Å². The lowest BCUT2D eigenvalue weighted by molar-refractivity contribution is -0.145. The number of esters is 1. The van der Waals surface area contributed by atoms with E-state index in [1.807, 2.05) is 0 Å². The predicted octanol–water partition coefficient (Wildman–Crippen LogP) is 1.64. The molecule has 1 N–H and O–H groups in total. The average molecular weight is 279 g/mol. The van der Waals surface area contributed by atoms with Crippen LogP contribution in [0.15, 0.2) is 6.20 Å². The Morgan fingerprint density at radius 2 is 2.47 bits per heavy atom. The molecule has 0 aromatic carbocycles. The van der Waals surface area contributed by atoms with Crippen molar-refractivity contribution in [2.75, 3.05) is 26.9 Å². The normalized spacial score (nSPS) is 12.4. The van der Waals surface area contributed by atoms with E-state index in [-0.39, 0.29) is 5.97 Å². The molecule has 0 saturated heterocycles. The van der Waals surface area contributed by atoms with Crippen molar-refractivity contribution in [3.63, 3.8) is 0 Å². The van der Waals surface area contributed by atoms with Crippen molar-refractivity contribution >= 4 is 28.9 Å². The summed E-state index contributed by atoms with van der Waals surface area (Å²) in [5, 5.41) is 3.63. The summed E-state index contributed by atoms with van der Waals surface area (Å²) >= 11 is 7.06. The van der Waals surface area contributed by atoms with E-state index in [1.54, 1.807) is 14.0 Å². The molecule has 0 aliphatic rings. The number of ether oxygens (including phenoxy) is 2. The van der Waals surface area contributed by atoms with Crippen LogP contribution in [0.4, 0.5) is 0 Å². The van der Waals surface area contributed by atoms with Gasteiger partial charge in [0, 0.05) is 13.7 Å². The minimum Gasteiger partial charge on any atom is -0.465 e. The highest BCUT2D eigenvalue weighted by Gasteiger charge is 2.24. The zero-order chi connectivity index (χ0) is 12.7. The fourth-order valence-electron chi connectivity index (χ4n) is 1.20. The quantitative estimate of drug-likeness (QED) is 0.607. The monoisotopic (exact) mass is 278 g/mol. The van der Waals surface area contributed by atoms with E-state index in [0.717, 1.165) is 0 Å². The van der Waals surface area contributed by atoms with Crippen molar-refractivity contribution in [2.45, 2.75) is 13.0 Å². The van der Waals surface area contributed by atoms with Gasteiger partial charge in [-0.2, -0.15) is 0 Å². The molecule has 0 aliphatic carbocycles. The van der Waals surface area contributed by atoms with E-state index in [0.29, 0.717) is 29.1 Å². The number of aromatic nitrogens is 1. The molecule has 1 atom stereocenters. The van der Waals surface area contributed by atoms with Crippen molar-refractivity contribution < 1.29 is 14.3 Å². The van der Waals surface area contributed by atoms with Crippen LogP contribution in [0.3, 0.4) is 0 Å². The highest BCUT2D eigenvalue weighted by molar-refractivity contribution is 7.16. The number of nitrogens with zero attached hydrogens (tertiary/aromatic N) is 1. The van der Waals surface area contributed by atoms with Crippen LogP contribution in [0.1, 0.15) is 18.0 Å². The number of carbonyl (C=O) groups is 1. The Morgan fingerprint density at radius 1 is 1.71 bits per heavy atom. The topological polar surface area (TPSA) is 60.5 Å². The molecule has 17 heavy (non-hydrogen) atoms. The lowest BCUT2D eigenvalue weighted by Gasteiger charge is -2.14. The van der Waals surface area contributed by atoms with Gasteiger partial charge >= 0.3 is 5.97 Å². The molecule has 5 nitrogen and oxygen atoms in total. The second-order valence-electron chi connectivity index (χ2n) is 3.13. The fourth-order valence-corrected chi connectivity index (χ4v) is 2.20. The van der Waals surface area contributed by atoms with Gasteiger partial charge in [-0.05, 0) is 6.92 Å². The standard InChI is InChI=1S/C10H15ClN2O3S/c1-3-16-10(14)8(12-4-5-15-2)9-13-6-7(11)17-9/h6,8,12H,3-5H2,1-2H3. The molecule has 1 aromatic rings. The van der Waals surface area contributed by atoms with Gasteiger partial charge in [0.05, 0.1) is 19.4 Å². The molecule has 1 aromatic heterocycles. The SMILES string of the molecule is CCOC(=O)C(NCCOC)c1ncc(Cl)s1. The molecule has 7 heteroatoms. The molecule has 0 amide bonds. The van der Waals surface area contributed by atoms with Gasteiger partial charge in [0.1, 0.15) is 9.34 Å². The Balaban J connectivity index is 2.68. The van der Waals surface area contributed by atoms with Gasteiger partial charge in [0.15, 0.2) is 6.04 Å². The lowest BCUT2D eigenvalue weighted by atomic mass is 10.3. The molecule has 1 rings (SSSR count).